The lowest BCUT2D eigenvalue weighted by molar-refractivity contribution is -0.183. The van der Waals surface area contributed by atoms with Crippen molar-refractivity contribution >= 4 is 29.4 Å². The number of fused-ring (bicyclic) bond motifs is 3. The van der Waals surface area contributed by atoms with Gasteiger partial charge in [0.25, 0.3) is 0 Å². The lowest BCUT2D eigenvalue weighted by Crippen LogP contribution is -2.75. The van der Waals surface area contributed by atoms with Crippen LogP contribution in [0.15, 0.2) is 51.6 Å². The molecular weight excluding hydrogens is 771 g/mol. The number of ether oxygens (including phenoxy) is 5. The Hall–Kier alpha value is -4.70. The zero-order valence-corrected chi connectivity index (χ0v) is 37.7. The summed E-state index contributed by atoms with van der Waals surface area (Å²) in [5.41, 5.74) is 8.79. The topological polar surface area (TPSA) is 149 Å². The van der Waals surface area contributed by atoms with E-state index in [9.17, 15) is 10.1 Å². The van der Waals surface area contributed by atoms with E-state index in [1.165, 1.54) is 12.7 Å². The van der Waals surface area contributed by atoms with E-state index < -0.39 is 46.1 Å². The Kier molecular flexibility index (Phi) is 11.0. The summed E-state index contributed by atoms with van der Waals surface area (Å²) in [4.78, 5) is 38.2. The third kappa shape index (κ3) is 6.77. The number of hydrogen-bond donors (Lipinski definition) is 1. The molecule has 2 N–H and O–H groups in total. The quantitative estimate of drug-likeness (QED) is 0.132. The molecule has 7 unspecified atom stereocenters. The number of allylic oxidation sites excluding steroid dienone is 4. The molecule has 5 heterocycles. The molecule has 61 heavy (non-hydrogen) atoms. The molecule has 326 valence electrons. The first-order valence-electron chi connectivity index (χ1n) is 22.0. The number of carbonyl (C=O) groups is 2. The van der Waals surface area contributed by atoms with Gasteiger partial charge in [-0.3, -0.25) is 9.69 Å². The summed E-state index contributed by atoms with van der Waals surface area (Å²) in [6, 6.07) is 2.44. The highest BCUT2D eigenvalue weighted by molar-refractivity contribution is 6.05. The van der Waals surface area contributed by atoms with Crippen molar-refractivity contribution in [1.29, 1.82) is 5.26 Å². The molecule has 1 aromatic carbocycles. The van der Waals surface area contributed by atoms with E-state index in [-0.39, 0.29) is 24.0 Å². The fourth-order valence-electron chi connectivity index (χ4n) is 11.2. The molecule has 0 radical (unpaired) electrons. The summed E-state index contributed by atoms with van der Waals surface area (Å²) in [5, 5.41) is 10.8. The zero-order valence-electron chi connectivity index (χ0n) is 37.7. The number of methoxy groups -OCH3 is 1. The van der Waals surface area contributed by atoms with Crippen LogP contribution in [0.25, 0.3) is 11.8 Å². The predicted octanol–water partition coefficient (Wildman–Crippen LogP) is 6.98. The molecule has 9 rings (SSSR count). The summed E-state index contributed by atoms with van der Waals surface area (Å²) in [7, 11) is 3.49. The maximum atomic E-state index is 15.4. The number of aliphatic imine (C=N–C) groups is 1. The lowest BCUT2D eigenvalue weighted by atomic mass is 9.44. The number of Topliss-reactive ketones (excluding diaryl/α,β-unsaturated/α-hetero) is 1. The molecule has 8 aliphatic rings. The van der Waals surface area contributed by atoms with E-state index in [1.54, 1.807) is 13.0 Å². The SMILES string of the molecule is COC(=O)C(C)=CCC12OC(C)(C)C3CC(C1=O)C1C4=C(N=C(N)C1C#N)c1c(OCCN5CCN(C)CC5)c5c(c(CC=C(C)C)c1OC432)OC(C)(CCC=C(C)C)C=C5. The summed E-state index contributed by atoms with van der Waals surface area (Å²) < 4.78 is 34.3. The van der Waals surface area contributed by atoms with Gasteiger partial charge in [0.15, 0.2) is 17.0 Å². The van der Waals surface area contributed by atoms with Crippen molar-refractivity contribution in [3.8, 4) is 23.3 Å². The second-order valence-corrected chi connectivity index (χ2v) is 19.4. The molecule has 3 saturated carbocycles. The average molecular weight is 834 g/mol. The molecule has 1 aromatic rings. The van der Waals surface area contributed by atoms with Crippen LogP contribution < -0.4 is 19.9 Å². The fraction of sp³-hybridized carbons (Fsp3) is 0.592. The highest BCUT2D eigenvalue weighted by Gasteiger charge is 2.84. The number of hydrogen-bond acceptors (Lipinski definition) is 12. The number of amidine groups is 1. The maximum absolute atomic E-state index is 15.4. The van der Waals surface area contributed by atoms with Crippen molar-refractivity contribution in [3.63, 3.8) is 0 Å². The van der Waals surface area contributed by atoms with Crippen molar-refractivity contribution < 1.29 is 33.3 Å². The number of benzene rings is 1. The molecule has 5 fully saturated rings. The Balaban J connectivity index is 1.40. The van der Waals surface area contributed by atoms with E-state index in [0.29, 0.717) is 53.5 Å². The van der Waals surface area contributed by atoms with Crippen LogP contribution in [0.5, 0.6) is 17.2 Å². The van der Waals surface area contributed by atoms with E-state index >= 15 is 4.79 Å². The Morgan fingerprint density at radius 3 is 2.44 bits per heavy atom. The van der Waals surface area contributed by atoms with Gasteiger partial charge in [-0.1, -0.05) is 29.4 Å². The molecule has 0 amide bonds. The van der Waals surface area contributed by atoms with Gasteiger partial charge in [-0.05, 0) is 100 Å². The van der Waals surface area contributed by atoms with Gasteiger partial charge in [0.1, 0.15) is 41.2 Å². The number of nitriles is 1. The van der Waals surface area contributed by atoms with Crippen LogP contribution >= 0.6 is 0 Å². The minimum Gasteiger partial charge on any atom is -0.491 e. The summed E-state index contributed by atoms with van der Waals surface area (Å²) >= 11 is 0. The number of nitrogens with two attached hydrogens (primary N) is 1. The van der Waals surface area contributed by atoms with Gasteiger partial charge in [0.2, 0.25) is 0 Å². The minimum atomic E-state index is -1.55. The van der Waals surface area contributed by atoms with Crippen molar-refractivity contribution in [3.05, 3.63) is 63.3 Å². The minimum absolute atomic E-state index is 0.0583. The van der Waals surface area contributed by atoms with Gasteiger partial charge >= 0.3 is 5.97 Å². The second kappa shape index (κ2) is 15.6. The Morgan fingerprint density at radius 1 is 1.05 bits per heavy atom. The first kappa shape index (κ1) is 43.0. The molecular formula is C49H63N5O7. The normalized spacial score (nSPS) is 31.8. The van der Waals surface area contributed by atoms with Crippen LogP contribution in [0.3, 0.4) is 0 Å². The number of esters is 1. The number of likely N-dealkylation sites (N-methyl/N-ethyl adjacent to an activating group) is 1. The summed E-state index contributed by atoms with van der Waals surface area (Å²) in [5.74, 6) is -1.04. The van der Waals surface area contributed by atoms with E-state index in [2.05, 4.69) is 81.8 Å². The van der Waals surface area contributed by atoms with Crippen molar-refractivity contribution in [2.75, 3.05) is 53.5 Å². The van der Waals surface area contributed by atoms with Crippen molar-refractivity contribution in [2.24, 2.45) is 34.4 Å². The summed E-state index contributed by atoms with van der Waals surface area (Å²) in [6.45, 7) is 21.2. The standard InChI is InChI=1S/C49H63N5O7/c1-28(2)12-11-17-47(8)18-16-32-40(59-47)31(14-13-29(3)4)42-37(41(32)58-25-24-54-22-20-53(9)21-23-54)39-38-36(34(27-50)44(51)52-39)33-26-35-46(6,7)61-48(43(33)55,49(35,38)60-42)19-15-30(5)45(56)57-10/h12-13,15-16,18,33-36H,11,14,17,19-26H2,1-10H3,(H2,51,52). The Labute approximate surface area is 361 Å². The fourth-order valence-corrected chi connectivity index (χ4v) is 11.2. The second-order valence-electron chi connectivity index (χ2n) is 19.4. The molecule has 0 aromatic heterocycles. The Bertz CT molecular complexity index is 2260. The Morgan fingerprint density at radius 2 is 1.77 bits per heavy atom. The van der Waals surface area contributed by atoms with Crippen LogP contribution in [0.4, 0.5) is 0 Å². The first-order chi connectivity index (χ1) is 28.9. The van der Waals surface area contributed by atoms with E-state index in [1.807, 2.05) is 13.8 Å². The molecule has 12 heteroatoms. The maximum Gasteiger partial charge on any atom is 0.333 e. The molecule has 2 saturated heterocycles. The summed E-state index contributed by atoms with van der Waals surface area (Å²) in [6.07, 6.45) is 13.0. The van der Waals surface area contributed by atoms with Crippen molar-refractivity contribution in [1.82, 2.24) is 9.80 Å². The van der Waals surface area contributed by atoms with Crippen LogP contribution in [-0.4, -0.2) is 103 Å². The highest BCUT2D eigenvalue weighted by Crippen LogP contribution is 2.74. The average Bonchev–Trinajstić information content (AvgIpc) is 3.35. The number of ketones is 1. The largest absolute Gasteiger partial charge is 0.491 e. The van der Waals surface area contributed by atoms with Crippen LogP contribution in [0.2, 0.25) is 0 Å². The smallest absolute Gasteiger partial charge is 0.333 e. The number of rotatable bonds is 12. The van der Waals surface area contributed by atoms with Crippen LogP contribution in [0, 0.1) is 35.0 Å². The van der Waals surface area contributed by atoms with Crippen molar-refractivity contribution in [2.45, 2.75) is 110 Å². The monoisotopic (exact) mass is 833 g/mol. The van der Waals surface area contributed by atoms with Gasteiger partial charge < -0.3 is 34.3 Å². The molecule has 12 nitrogen and oxygen atoms in total. The third-order valence-electron chi connectivity index (χ3n) is 14.4. The van der Waals surface area contributed by atoms with Gasteiger partial charge in [0, 0.05) is 73.6 Å². The number of carbonyl (C=O) groups excluding carboxylic acids is 2. The lowest BCUT2D eigenvalue weighted by Gasteiger charge is -2.62. The first-order valence-corrected chi connectivity index (χ1v) is 22.0. The van der Waals surface area contributed by atoms with Crippen LogP contribution in [0.1, 0.15) is 97.8 Å². The molecule has 7 atom stereocenters. The third-order valence-corrected chi connectivity index (χ3v) is 14.4. The van der Waals surface area contributed by atoms with Gasteiger partial charge in [-0.15, -0.1) is 0 Å². The molecule has 5 aliphatic heterocycles. The van der Waals surface area contributed by atoms with Crippen LogP contribution in [-0.2, 0) is 25.5 Å². The van der Waals surface area contributed by atoms with Gasteiger partial charge in [-0.25, -0.2) is 9.79 Å². The van der Waals surface area contributed by atoms with Gasteiger partial charge in [-0.2, -0.15) is 5.26 Å². The highest BCUT2D eigenvalue weighted by atomic mass is 16.6. The molecule has 3 aliphatic carbocycles. The number of piperazine rings is 1. The zero-order chi connectivity index (χ0) is 43.8. The van der Waals surface area contributed by atoms with E-state index in [4.69, 9.17) is 34.4 Å². The number of nitrogens with zero attached hydrogens (tertiary/aromatic N) is 4. The van der Waals surface area contributed by atoms with Gasteiger partial charge in [0.05, 0.1) is 35.6 Å². The molecule has 1 spiro atoms. The predicted molar refractivity (Wildman–Crippen MR) is 235 cm³/mol. The molecule has 4 bridgehead atoms. The van der Waals surface area contributed by atoms with E-state index in [0.717, 1.165) is 67.8 Å².